The van der Waals surface area contributed by atoms with Crippen LogP contribution in [0.25, 0.3) is 0 Å². The van der Waals surface area contributed by atoms with Gasteiger partial charge in [0.05, 0.1) is 12.5 Å². The molecule has 1 unspecified atom stereocenters. The average molecular weight is 221 g/mol. The van der Waals surface area contributed by atoms with E-state index in [1.807, 2.05) is 4.57 Å². The SMILES string of the molecule is CC(CN1CCCC1)Cn1cncc1C=O. The van der Waals surface area contributed by atoms with E-state index in [2.05, 4.69) is 16.8 Å². The number of aromatic nitrogens is 2. The van der Waals surface area contributed by atoms with Gasteiger partial charge in [0.15, 0.2) is 6.29 Å². The second-order valence-electron chi connectivity index (χ2n) is 4.70. The van der Waals surface area contributed by atoms with E-state index in [4.69, 9.17) is 0 Å². The van der Waals surface area contributed by atoms with Crippen LogP contribution in [0.2, 0.25) is 0 Å². The predicted molar refractivity (Wildman–Crippen MR) is 62.5 cm³/mol. The van der Waals surface area contributed by atoms with Crippen molar-refractivity contribution < 1.29 is 4.79 Å². The van der Waals surface area contributed by atoms with E-state index >= 15 is 0 Å². The van der Waals surface area contributed by atoms with Gasteiger partial charge in [-0.15, -0.1) is 0 Å². The first-order chi connectivity index (χ1) is 7.79. The van der Waals surface area contributed by atoms with Gasteiger partial charge < -0.3 is 9.47 Å². The largest absolute Gasteiger partial charge is 0.328 e. The zero-order chi connectivity index (χ0) is 11.4. The maximum Gasteiger partial charge on any atom is 0.168 e. The molecule has 0 saturated carbocycles. The summed E-state index contributed by atoms with van der Waals surface area (Å²) < 4.78 is 1.94. The van der Waals surface area contributed by atoms with Crippen LogP contribution in [-0.2, 0) is 6.54 Å². The van der Waals surface area contributed by atoms with Crippen molar-refractivity contribution in [2.45, 2.75) is 26.3 Å². The standard InChI is InChI=1S/C12H19N3O/c1-11(7-14-4-2-3-5-14)8-15-10-13-6-12(15)9-16/h6,9-11H,2-5,7-8H2,1H3. The molecule has 2 heterocycles. The van der Waals surface area contributed by atoms with Gasteiger partial charge >= 0.3 is 0 Å². The minimum atomic E-state index is 0.561. The van der Waals surface area contributed by atoms with E-state index in [9.17, 15) is 4.79 Å². The molecule has 0 aromatic carbocycles. The molecule has 0 N–H and O–H groups in total. The molecule has 0 amide bonds. The Morgan fingerprint density at radius 3 is 2.88 bits per heavy atom. The molecule has 16 heavy (non-hydrogen) atoms. The van der Waals surface area contributed by atoms with Gasteiger partial charge in [-0.05, 0) is 31.8 Å². The molecule has 1 atom stereocenters. The highest BCUT2D eigenvalue weighted by molar-refractivity contribution is 5.71. The molecule has 0 bridgehead atoms. The number of aldehydes is 1. The molecule has 1 aromatic rings. The van der Waals surface area contributed by atoms with Crippen LogP contribution in [-0.4, -0.2) is 40.4 Å². The van der Waals surface area contributed by atoms with Gasteiger partial charge in [-0.1, -0.05) is 6.92 Å². The lowest BCUT2D eigenvalue weighted by Gasteiger charge is -2.20. The summed E-state index contributed by atoms with van der Waals surface area (Å²) in [5, 5.41) is 0. The lowest BCUT2D eigenvalue weighted by atomic mass is 10.1. The van der Waals surface area contributed by atoms with E-state index in [-0.39, 0.29) is 0 Å². The number of rotatable bonds is 5. The lowest BCUT2D eigenvalue weighted by molar-refractivity contribution is 0.111. The number of carbonyl (C=O) groups is 1. The summed E-state index contributed by atoms with van der Waals surface area (Å²) in [4.78, 5) is 17.2. The fraction of sp³-hybridized carbons (Fsp3) is 0.667. The van der Waals surface area contributed by atoms with Crippen LogP contribution < -0.4 is 0 Å². The van der Waals surface area contributed by atoms with E-state index < -0.39 is 0 Å². The van der Waals surface area contributed by atoms with Crippen LogP contribution in [0.4, 0.5) is 0 Å². The molecule has 0 radical (unpaired) electrons. The normalized spacial score (nSPS) is 18.8. The van der Waals surface area contributed by atoms with Crippen molar-refractivity contribution in [1.82, 2.24) is 14.5 Å². The molecular formula is C12H19N3O. The average Bonchev–Trinajstić information content (AvgIpc) is 2.88. The van der Waals surface area contributed by atoms with Crippen molar-refractivity contribution in [2.24, 2.45) is 5.92 Å². The summed E-state index contributed by atoms with van der Waals surface area (Å²) in [6.07, 6.45) is 6.89. The molecule has 88 valence electrons. The van der Waals surface area contributed by atoms with Gasteiger partial charge in [-0.2, -0.15) is 0 Å². The zero-order valence-corrected chi connectivity index (χ0v) is 9.80. The summed E-state index contributed by atoms with van der Waals surface area (Å²) in [6.45, 7) is 6.69. The fourth-order valence-corrected chi connectivity index (χ4v) is 2.38. The predicted octanol–water partition coefficient (Wildman–Crippen LogP) is 1.43. The Morgan fingerprint density at radius 2 is 2.19 bits per heavy atom. The second-order valence-corrected chi connectivity index (χ2v) is 4.70. The number of nitrogens with zero attached hydrogens (tertiary/aromatic N) is 3. The minimum Gasteiger partial charge on any atom is -0.328 e. The quantitative estimate of drug-likeness (QED) is 0.706. The van der Waals surface area contributed by atoms with Gasteiger partial charge in [-0.3, -0.25) is 4.79 Å². The number of likely N-dealkylation sites (tertiary alicyclic amines) is 1. The summed E-state index contributed by atoms with van der Waals surface area (Å²) in [5.74, 6) is 0.561. The molecule has 1 fully saturated rings. The maximum atomic E-state index is 10.7. The fourth-order valence-electron chi connectivity index (χ4n) is 2.38. The number of imidazole rings is 1. The van der Waals surface area contributed by atoms with Crippen LogP contribution >= 0.6 is 0 Å². The van der Waals surface area contributed by atoms with Crippen LogP contribution in [0.5, 0.6) is 0 Å². The Morgan fingerprint density at radius 1 is 1.44 bits per heavy atom. The van der Waals surface area contributed by atoms with Crippen LogP contribution in [0.3, 0.4) is 0 Å². The highest BCUT2D eigenvalue weighted by atomic mass is 16.1. The maximum absolute atomic E-state index is 10.7. The highest BCUT2D eigenvalue weighted by Gasteiger charge is 2.15. The van der Waals surface area contributed by atoms with Crippen molar-refractivity contribution >= 4 is 6.29 Å². The van der Waals surface area contributed by atoms with E-state index in [0.717, 1.165) is 19.4 Å². The summed E-state index contributed by atoms with van der Waals surface area (Å²) in [6, 6.07) is 0. The van der Waals surface area contributed by atoms with Crippen molar-refractivity contribution in [3.05, 3.63) is 18.2 Å². The third-order valence-corrected chi connectivity index (χ3v) is 3.14. The van der Waals surface area contributed by atoms with Crippen LogP contribution in [0.15, 0.2) is 12.5 Å². The molecule has 1 aliphatic heterocycles. The van der Waals surface area contributed by atoms with Crippen molar-refractivity contribution in [1.29, 1.82) is 0 Å². The first-order valence-corrected chi connectivity index (χ1v) is 5.97. The van der Waals surface area contributed by atoms with Crippen LogP contribution in [0, 0.1) is 5.92 Å². The van der Waals surface area contributed by atoms with Crippen molar-refractivity contribution in [3.63, 3.8) is 0 Å². The number of carbonyl (C=O) groups excluding carboxylic acids is 1. The molecule has 1 aliphatic rings. The van der Waals surface area contributed by atoms with Crippen molar-refractivity contribution in [2.75, 3.05) is 19.6 Å². The molecule has 1 saturated heterocycles. The Labute approximate surface area is 96.3 Å². The van der Waals surface area contributed by atoms with E-state index in [1.165, 1.54) is 25.9 Å². The number of hydrogen-bond donors (Lipinski definition) is 0. The molecule has 0 spiro atoms. The topological polar surface area (TPSA) is 38.1 Å². The third kappa shape index (κ3) is 2.70. The first-order valence-electron chi connectivity index (χ1n) is 5.97. The monoisotopic (exact) mass is 221 g/mol. The van der Waals surface area contributed by atoms with Gasteiger partial charge in [0, 0.05) is 13.1 Å². The molecule has 1 aromatic heterocycles. The lowest BCUT2D eigenvalue weighted by Crippen LogP contribution is -2.27. The molecular weight excluding hydrogens is 202 g/mol. The van der Waals surface area contributed by atoms with Gasteiger partial charge in [0.2, 0.25) is 0 Å². The van der Waals surface area contributed by atoms with Crippen molar-refractivity contribution in [3.8, 4) is 0 Å². The Bertz CT molecular complexity index is 342. The molecule has 2 rings (SSSR count). The molecule has 4 heteroatoms. The smallest absolute Gasteiger partial charge is 0.168 e. The summed E-state index contributed by atoms with van der Waals surface area (Å²) >= 11 is 0. The third-order valence-electron chi connectivity index (χ3n) is 3.14. The highest BCUT2D eigenvalue weighted by Crippen LogP contribution is 2.12. The van der Waals surface area contributed by atoms with Crippen LogP contribution in [0.1, 0.15) is 30.3 Å². The first kappa shape index (κ1) is 11.3. The number of hydrogen-bond acceptors (Lipinski definition) is 3. The Balaban J connectivity index is 1.86. The molecule has 0 aliphatic carbocycles. The van der Waals surface area contributed by atoms with Gasteiger partial charge in [0.25, 0.3) is 0 Å². The summed E-state index contributed by atoms with van der Waals surface area (Å²) in [7, 11) is 0. The summed E-state index contributed by atoms with van der Waals surface area (Å²) in [5.41, 5.74) is 0.674. The second kappa shape index (κ2) is 5.25. The van der Waals surface area contributed by atoms with E-state index in [1.54, 1.807) is 12.5 Å². The zero-order valence-electron chi connectivity index (χ0n) is 9.80. The molecule has 4 nitrogen and oxygen atoms in total. The van der Waals surface area contributed by atoms with E-state index in [0.29, 0.717) is 11.6 Å². The Hall–Kier alpha value is -1.16. The van der Waals surface area contributed by atoms with Gasteiger partial charge in [0.1, 0.15) is 5.69 Å². The minimum absolute atomic E-state index is 0.561. The Kier molecular flexibility index (Phi) is 3.72. The van der Waals surface area contributed by atoms with Gasteiger partial charge in [-0.25, -0.2) is 4.98 Å².